The van der Waals surface area contributed by atoms with Crippen LogP contribution in [0.2, 0.25) is 5.15 Å². The van der Waals surface area contributed by atoms with Gasteiger partial charge in [-0.25, -0.2) is 9.78 Å². The van der Waals surface area contributed by atoms with Gasteiger partial charge in [-0.1, -0.05) is 35.5 Å². The lowest BCUT2D eigenvalue weighted by Gasteiger charge is -2.29. The maximum absolute atomic E-state index is 12.7. The van der Waals surface area contributed by atoms with Crippen LogP contribution in [-0.2, 0) is 0 Å². The minimum Gasteiger partial charge on any atom is -0.400 e. The number of carbonyl (C=O) groups is 1. The molecule has 1 atom stereocenters. The van der Waals surface area contributed by atoms with Gasteiger partial charge in [-0.2, -0.15) is 5.26 Å². The molecule has 32 heavy (non-hydrogen) atoms. The predicted octanol–water partition coefficient (Wildman–Crippen LogP) is 2.58. The van der Waals surface area contributed by atoms with Crippen molar-refractivity contribution in [2.75, 3.05) is 33.3 Å². The second kappa shape index (κ2) is 11.2. The van der Waals surface area contributed by atoms with E-state index in [9.17, 15) is 10.1 Å². The molecule has 0 aliphatic carbocycles. The third-order valence-electron chi connectivity index (χ3n) is 4.86. The van der Waals surface area contributed by atoms with Crippen molar-refractivity contribution < 1.29 is 9.90 Å². The van der Waals surface area contributed by atoms with Crippen molar-refractivity contribution in [3.05, 3.63) is 63.9 Å². The van der Waals surface area contributed by atoms with Crippen molar-refractivity contribution in [2.24, 2.45) is 0 Å². The molecule has 1 fully saturated rings. The number of thioether (sulfide) groups is 1. The molecular weight excluding hydrogens is 448 g/mol. The second-order valence-electron chi connectivity index (χ2n) is 7.05. The Labute approximate surface area is 196 Å². The number of nitrogens with zero attached hydrogens (tertiary/aromatic N) is 3. The molecule has 4 N–H and O–H groups in total. The zero-order chi connectivity index (χ0) is 23.1. The number of halogens is 1. The number of piperazine rings is 1. The van der Waals surface area contributed by atoms with E-state index in [1.54, 1.807) is 11.0 Å². The van der Waals surface area contributed by atoms with Gasteiger partial charge in [-0.3, -0.25) is 0 Å². The highest BCUT2D eigenvalue weighted by atomic mass is 35.5. The fourth-order valence-electron chi connectivity index (χ4n) is 3.47. The summed E-state index contributed by atoms with van der Waals surface area (Å²) in [5, 5.41) is 26.4. The highest BCUT2D eigenvalue weighted by Crippen LogP contribution is 2.42. The number of amides is 2. The Kier molecular flexibility index (Phi) is 8.36. The van der Waals surface area contributed by atoms with Crippen LogP contribution in [0.15, 0.2) is 36.4 Å². The van der Waals surface area contributed by atoms with E-state index in [4.69, 9.17) is 16.7 Å². The summed E-state index contributed by atoms with van der Waals surface area (Å²) in [5.74, 6) is 0. The number of aliphatic hydroxyl groups excluding tert-OH is 1. The first-order valence-electron chi connectivity index (χ1n) is 10.1. The van der Waals surface area contributed by atoms with E-state index in [0.29, 0.717) is 23.8 Å². The third kappa shape index (κ3) is 5.72. The van der Waals surface area contributed by atoms with Crippen LogP contribution in [0.1, 0.15) is 22.4 Å². The highest BCUT2D eigenvalue weighted by Gasteiger charge is 2.29. The topological polar surface area (TPSA) is 113 Å². The number of pyridine rings is 1. The van der Waals surface area contributed by atoms with Crippen molar-refractivity contribution >= 4 is 40.0 Å². The molecule has 10 heteroatoms. The van der Waals surface area contributed by atoms with Crippen molar-refractivity contribution in [1.29, 1.82) is 5.26 Å². The van der Waals surface area contributed by atoms with Crippen LogP contribution in [0.25, 0.3) is 10.6 Å². The largest absolute Gasteiger partial charge is 0.400 e. The first-order valence-corrected chi connectivity index (χ1v) is 11.3. The molecule has 1 aromatic heterocycles. The Hall–Kier alpha value is -2.77. The number of urea groups is 1. The van der Waals surface area contributed by atoms with Crippen LogP contribution < -0.4 is 16.0 Å². The molecule has 1 aromatic carbocycles. The Morgan fingerprint density at radius 3 is 2.72 bits per heavy atom. The van der Waals surface area contributed by atoms with E-state index >= 15 is 0 Å². The molecule has 1 unspecified atom stereocenters. The van der Waals surface area contributed by atoms with Crippen LogP contribution in [0, 0.1) is 18.3 Å². The molecule has 0 radical (unpaired) electrons. The molecule has 1 saturated heterocycles. The van der Waals surface area contributed by atoms with Crippen LogP contribution in [0.4, 0.5) is 4.79 Å². The molecule has 0 bridgehead atoms. The lowest BCUT2D eigenvalue weighted by molar-refractivity contribution is 0.189. The predicted molar refractivity (Wildman–Crippen MR) is 128 cm³/mol. The minimum atomic E-state index is -0.338. The number of nitrogens with one attached hydrogen (secondary N) is 3. The summed E-state index contributed by atoms with van der Waals surface area (Å²) in [6, 6.07) is 13.2. The molecule has 0 saturated carbocycles. The highest BCUT2D eigenvalue weighted by molar-refractivity contribution is 8.09. The minimum absolute atomic E-state index is 0.100. The van der Waals surface area contributed by atoms with Gasteiger partial charge in [0.1, 0.15) is 5.15 Å². The Morgan fingerprint density at radius 1 is 1.28 bits per heavy atom. The van der Waals surface area contributed by atoms with Crippen molar-refractivity contribution in [1.82, 2.24) is 25.8 Å². The Bertz CT molecular complexity index is 1030. The van der Waals surface area contributed by atoms with Crippen LogP contribution in [0.3, 0.4) is 0 Å². The van der Waals surface area contributed by atoms with E-state index in [0.717, 1.165) is 47.6 Å². The zero-order valence-electron chi connectivity index (χ0n) is 17.9. The number of hydrogen-bond acceptors (Lipinski definition) is 7. The third-order valence-corrected chi connectivity index (χ3v) is 6.20. The van der Waals surface area contributed by atoms with Crippen molar-refractivity contribution in [2.45, 2.75) is 12.4 Å². The van der Waals surface area contributed by atoms with Gasteiger partial charge in [0.25, 0.3) is 0 Å². The maximum atomic E-state index is 12.7. The smallest absolute Gasteiger partial charge is 0.319 e. The van der Waals surface area contributed by atoms with E-state index in [-0.39, 0.29) is 11.5 Å². The van der Waals surface area contributed by atoms with Gasteiger partial charge in [0.05, 0.1) is 17.3 Å². The number of aromatic nitrogens is 1. The normalized spacial score (nSPS) is 17.7. The first-order chi connectivity index (χ1) is 15.5. The molecule has 4 rings (SSSR count). The Morgan fingerprint density at radius 2 is 2.03 bits per heavy atom. The number of aliphatic hydroxyl groups is 1. The standard InChI is InChI=1S/C21H21ClN6OS.CH4O/c1-13-9-16(11-17(22)25-13)19-18(15-4-2-3-14(10-15)12-23)26-20(30-19)27-21(29)28-7-5-24-6-8-28;1-2/h2-4,9-11,20,24,26H,5-8H2,1H3,(H,27,29);2H,1H3. The summed E-state index contributed by atoms with van der Waals surface area (Å²) in [5.41, 5.74) is 3.69. The van der Waals surface area contributed by atoms with E-state index in [2.05, 4.69) is 27.0 Å². The van der Waals surface area contributed by atoms with Gasteiger partial charge < -0.3 is 26.0 Å². The van der Waals surface area contributed by atoms with Gasteiger partial charge in [0, 0.05) is 49.5 Å². The number of nitriles is 1. The van der Waals surface area contributed by atoms with Gasteiger partial charge in [-0.15, -0.1) is 0 Å². The SMILES string of the molecule is CO.Cc1cc(C2=C(c3cccc(C#N)c3)NC(NC(=O)N3CCNCC3)S2)cc(Cl)n1. The summed E-state index contributed by atoms with van der Waals surface area (Å²) in [6.45, 7) is 4.84. The van der Waals surface area contributed by atoms with E-state index in [1.165, 1.54) is 11.8 Å². The van der Waals surface area contributed by atoms with Crippen molar-refractivity contribution in [3.8, 4) is 6.07 Å². The first kappa shape index (κ1) is 23.9. The maximum Gasteiger partial charge on any atom is 0.319 e. The molecule has 8 nitrogen and oxygen atoms in total. The summed E-state index contributed by atoms with van der Waals surface area (Å²) >= 11 is 7.72. The number of hydrogen-bond donors (Lipinski definition) is 4. The van der Waals surface area contributed by atoms with Crippen LogP contribution in [0.5, 0.6) is 0 Å². The summed E-state index contributed by atoms with van der Waals surface area (Å²) < 4.78 is 0. The van der Waals surface area contributed by atoms with Gasteiger partial charge in [-0.05, 0) is 36.8 Å². The molecular formula is C22H25ClN6O2S. The molecule has 0 spiro atoms. The number of carbonyl (C=O) groups excluding carboxylic acids is 1. The number of aryl methyl sites for hydroxylation is 1. The monoisotopic (exact) mass is 472 g/mol. The summed E-state index contributed by atoms with van der Waals surface area (Å²) in [7, 11) is 1.00. The van der Waals surface area contributed by atoms with Crippen molar-refractivity contribution in [3.63, 3.8) is 0 Å². The number of rotatable bonds is 3. The molecule has 3 heterocycles. The number of benzene rings is 1. The summed E-state index contributed by atoms with van der Waals surface area (Å²) in [4.78, 5) is 19.7. The lowest BCUT2D eigenvalue weighted by Crippen LogP contribution is -2.53. The van der Waals surface area contributed by atoms with E-state index < -0.39 is 0 Å². The van der Waals surface area contributed by atoms with Gasteiger partial charge in [0.2, 0.25) is 0 Å². The molecule has 2 aliphatic rings. The second-order valence-corrected chi connectivity index (χ2v) is 8.55. The van der Waals surface area contributed by atoms with E-state index in [1.807, 2.05) is 37.3 Å². The lowest BCUT2D eigenvalue weighted by atomic mass is 10.1. The van der Waals surface area contributed by atoms with Crippen LogP contribution in [-0.4, -0.2) is 59.8 Å². The zero-order valence-corrected chi connectivity index (χ0v) is 19.4. The molecule has 168 valence electrons. The summed E-state index contributed by atoms with van der Waals surface area (Å²) in [6.07, 6.45) is 0. The molecule has 2 aliphatic heterocycles. The fourth-order valence-corrected chi connectivity index (χ4v) is 4.84. The fraction of sp³-hybridized carbons (Fsp3) is 0.318. The molecule has 2 aromatic rings. The average molecular weight is 473 g/mol. The molecule has 2 amide bonds. The average Bonchev–Trinajstić information content (AvgIpc) is 3.24. The quantitative estimate of drug-likeness (QED) is 0.508. The van der Waals surface area contributed by atoms with Crippen LogP contribution >= 0.6 is 23.4 Å². The van der Waals surface area contributed by atoms with Gasteiger partial charge in [0.15, 0.2) is 5.50 Å². The Balaban J connectivity index is 0.00000141. The van der Waals surface area contributed by atoms with Gasteiger partial charge >= 0.3 is 6.03 Å².